The molecule has 0 heterocycles. The number of hydrogen-bond donors (Lipinski definition) is 0. The van der Waals surface area contributed by atoms with Gasteiger partial charge in [0.2, 0.25) is 0 Å². The standard InChI is InChI=1S/C59H41N/c1-4-15-42(16-5-1)44-27-29-45(30-28-44)46-33-35-52(36-34-46)60(53-24-14-19-48(40-53)49-32-31-43-17-10-11-18-47(43)39-49)54-37-38-56-55-25-12-13-26-57(55)59(58(56)41-54,50-20-6-2-7-21-50)51-22-8-3-9-23-51/h1-41H/i1D,4D,5D,15D,16D,27D,28D,29D,30D,33D,34D,35D,36D. The van der Waals surface area contributed by atoms with Crippen LogP contribution in [0, 0.1) is 0 Å². The fraction of sp³-hybridized carbons (Fsp3) is 0.0169. The zero-order valence-corrected chi connectivity index (χ0v) is 32.1. The lowest BCUT2D eigenvalue weighted by atomic mass is 9.67. The Balaban J connectivity index is 1.17. The highest BCUT2D eigenvalue weighted by atomic mass is 15.1. The smallest absolute Gasteiger partial charge is 0.0714 e. The van der Waals surface area contributed by atoms with Gasteiger partial charge < -0.3 is 4.90 Å². The second-order valence-electron chi connectivity index (χ2n) is 14.7. The Morgan fingerprint density at radius 3 is 1.57 bits per heavy atom. The minimum atomic E-state index is -0.833. The molecule has 0 atom stereocenters. The average Bonchev–Trinajstić information content (AvgIpc) is 3.72. The maximum absolute atomic E-state index is 9.86. The van der Waals surface area contributed by atoms with Gasteiger partial charge in [-0.2, -0.15) is 0 Å². The summed E-state index contributed by atoms with van der Waals surface area (Å²) in [5.41, 5.74) is 5.68. The Hall–Kier alpha value is -7.74. The van der Waals surface area contributed by atoms with Crippen molar-refractivity contribution in [2.45, 2.75) is 5.41 Å². The first-order valence-corrected chi connectivity index (χ1v) is 19.7. The van der Waals surface area contributed by atoms with Crippen molar-refractivity contribution in [1.82, 2.24) is 0 Å². The predicted octanol–water partition coefficient (Wildman–Crippen LogP) is 15.7. The summed E-state index contributed by atoms with van der Waals surface area (Å²) >= 11 is 0. The van der Waals surface area contributed by atoms with Crippen LogP contribution in [0.25, 0.3) is 55.3 Å². The third-order valence-corrected chi connectivity index (χ3v) is 11.3. The molecule has 0 N–H and O–H groups in total. The number of nitrogens with zero attached hydrogens (tertiary/aromatic N) is 1. The monoisotopic (exact) mass is 776 g/mol. The summed E-state index contributed by atoms with van der Waals surface area (Å²) in [6.07, 6.45) is 0. The van der Waals surface area contributed by atoms with Gasteiger partial charge in [-0.25, -0.2) is 0 Å². The van der Waals surface area contributed by atoms with Crippen molar-refractivity contribution < 1.29 is 17.8 Å². The van der Waals surface area contributed by atoms with Crippen LogP contribution in [0.4, 0.5) is 17.1 Å². The third-order valence-electron chi connectivity index (χ3n) is 11.3. The molecule has 11 rings (SSSR count). The molecule has 0 fully saturated rings. The van der Waals surface area contributed by atoms with Gasteiger partial charge in [-0.05, 0) is 120 Å². The van der Waals surface area contributed by atoms with Crippen LogP contribution in [0.1, 0.15) is 40.1 Å². The quantitative estimate of drug-likeness (QED) is 0.149. The summed E-state index contributed by atoms with van der Waals surface area (Å²) in [5.74, 6) is 0. The number of anilines is 3. The molecule has 0 aliphatic heterocycles. The molecule has 10 aromatic rings. The molecule has 0 spiro atoms. The molecule has 0 unspecified atom stereocenters. The van der Waals surface area contributed by atoms with Gasteiger partial charge in [-0.15, -0.1) is 0 Å². The fourth-order valence-corrected chi connectivity index (χ4v) is 8.65. The Kier molecular flexibility index (Phi) is 6.02. The first kappa shape index (κ1) is 24.2. The molecule has 0 saturated heterocycles. The summed E-state index contributed by atoms with van der Waals surface area (Å²) in [5, 5.41) is 2.10. The normalized spacial score (nSPS) is 15.5. The summed E-state index contributed by atoms with van der Waals surface area (Å²) in [7, 11) is 0. The van der Waals surface area contributed by atoms with E-state index in [0.29, 0.717) is 11.4 Å². The fourth-order valence-electron chi connectivity index (χ4n) is 8.65. The zero-order valence-electron chi connectivity index (χ0n) is 45.1. The van der Waals surface area contributed by atoms with Gasteiger partial charge in [0, 0.05) is 17.1 Å². The molecule has 60 heavy (non-hydrogen) atoms. The van der Waals surface area contributed by atoms with Crippen LogP contribution >= 0.6 is 0 Å². The van der Waals surface area contributed by atoms with Crippen LogP contribution in [0.3, 0.4) is 0 Å². The number of rotatable bonds is 8. The van der Waals surface area contributed by atoms with E-state index in [9.17, 15) is 8.22 Å². The van der Waals surface area contributed by atoms with Crippen molar-refractivity contribution in [3.05, 3.63) is 271 Å². The third kappa shape index (κ3) is 6.03. The van der Waals surface area contributed by atoms with Crippen molar-refractivity contribution in [1.29, 1.82) is 0 Å². The molecule has 1 aliphatic rings. The summed E-state index contributed by atoms with van der Waals surface area (Å²) in [6, 6.07) is 47.6. The van der Waals surface area contributed by atoms with E-state index < -0.39 is 106 Å². The van der Waals surface area contributed by atoms with Crippen LogP contribution in [-0.2, 0) is 5.41 Å². The highest BCUT2D eigenvalue weighted by Crippen LogP contribution is 2.57. The first-order valence-electron chi connectivity index (χ1n) is 26.2. The van der Waals surface area contributed by atoms with Crippen molar-refractivity contribution in [3.63, 3.8) is 0 Å². The molecule has 0 aromatic heterocycles. The topological polar surface area (TPSA) is 3.24 Å². The van der Waals surface area contributed by atoms with E-state index in [-0.39, 0.29) is 5.69 Å². The number of fused-ring (bicyclic) bond motifs is 4. The van der Waals surface area contributed by atoms with E-state index in [2.05, 4.69) is 48.5 Å². The average molecular weight is 777 g/mol. The van der Waals surface area contributed by atoms with E-state index in [4.69, 9.17) is 9.60 Å². The van der Waals surface area contributed by atoms with E-state index in [1.165, 1.54) is 0 Å². The Bertz CT molecular complexity index is 3790. The van der Waals surface area contributed by atoms with E-state index in [0.717, 1.165) is 55.3 Å². The van der Waals surface area contributed by atoms with Crippen LogP contribution in [0.2, 0.25) is 0 Å². The lowest BCUT2D eigenvalue weighted by Crippen LogP contribution is -2.28. The van der Waals surface area contributed by atoms with Crippen molar-refractivity contribution in [2.75, 3.05) is 4.90 Å². The molecule has 10 aromatic carbocycles. The summed E-state index contributed by atoms with van der Waals surface area (Å²) in [4.78, 5) is 1.70. The first-order chi connectivity index (χ1) is 35.2. The van der Waals surface area contributed by atoms with Crippen molar-refractivity contribution >= 4 is 27.8 Å². The van der Waals surface area contributed by atoms with Gasteiger partial charge in [0.15, 0.2) is 0 Å². The van der Waals surface area contributed by atoms with Crippen LogP contribution in [0.15, 0.2) is 248 Å². The van der Waals surface area contributed by atoms with Crippen LogP contribution in [0.5, 0.6) is 0 Å². The van der Waals surface area contributed by atoms with Crippen molar-refractivity contribution in [3.8, 4) is 44.5 Å². The van der Waals surface area contributed by atoms with Crippen LogP contribution < -0.4 is 4.90 Å². The molecule has 282 valence electrons. The van der Waals surface area contributed by atoms with Gasteiger partial charge >= 0.3 is 0 Å². The van der Waals surface area contributed by atoms with Gasteiger partial charge in [-0.3, -0.25) is 0 Å². The summed E-state index contributed by atoms with van der Waals surface area (Å²) < 4.78 is 117. The second-order valence-corrected chi connectivity index (χ2v) is 14.7. The van der Waals surface area contributed by atoms with Gasteiger partial charge in [0.05, 0.1) is 23.2 Å². The highest BCUT2D eigenvalue weighted by molar-refractivity contribution is 5.91. The molecule has 1 aliphatic carbocycles. The van der Waals surface area contributed by atoms with E-state index in [1.807, 2.05) is 121 Å². The van der Waals surface area contributed by atoms with Gasteiger partial charge in [0.1, 0.15) is 0 Å². The summed E-state index contributed by atoms with van der Waals surface area (Å²) in [6.45, 7) is 0. The largest absolute Gasteiger partial charge is 0.310 e. The molecule has 1 heteroatoms. The minimum Gasteiger partial charge on any atom is -0.310 e. The number of benzene rings is 10. The molecule has 0 amide bonds. The van der Waals surface area contributed by atoms with Crippen LogP contribution in [-0.4, -0.2) is 0 Å². The Morgan fingerprint density at radius 1 is 0.317 bits per heavy atom. The highest BCUT2D eigenvalue weighted by Gasteiger charge is 2.46. The molecule has 0 bridgehead atoms. The maximum Gasteiger partial charge on any atom is 0.0714 e. The lowest BCUT2D eigenvalue weighted by molar-refractivity contribution is 0.768. The molecular formula is C59H41N. The second kappa shape index (κ2) is 14.9. The van der Waals surface area contributed by atoms with Gasteiger partial charge in [0.25, 0.3) is 0 Å². The molecular weight excluding hydrogens is 723 g/mol. The predicted molar refractivity (Wildman–Crippen MR) is 252 cm³/mol. The maximum atomic E-state index is 9.86. The SMILES string of the molecule is [2H]c1c([2H])c([2H])c(-c2c([2H])c([2H])c(-c3c([2H])c([2H])c(N(c4cccc(-c5ccc6ccccc6c5)c4)c4ccc5c(c4)C(c4ccccc4)(c4ccccc4)c4ccccc4-5)c([2H])c3[2H])c([2H])c2[2H])c([2H])c1[2H]. The lowest BCUT2D eigenvalue weighted by Gasteiger charge is -2.35. The van der Waals surface area contributed by atoms with E-state index >= 15 is 0 Å². The van der Waals surface area contributed by atoms with Gasteiger partial charge in [-0.1, -0.05) is 206 Å². The van der Waals surface area contributed by atoms with Crippen molar-refractivity contribution in [2.24, 2.45) is 0 Å². The molecule has 1 nitrogen and oxygen atoms in total. The molecule has 0 radical (unpaired) electrons. The Labute approximate surface area is 370 Å². The minimum absolute atomic E-state index is 0.138. The number of hydrogen-bond acceptors (Lipinski definition) is 1. The van der Waals surface area contributed by atoms with E-state index in [1.54, 1.807) is 4.90 Å². The Morgan fingerprint density at radius 2 is 0.867 bits per heavy atom. The molecule has 0 saturated carbocycles. The zero-order chi connectivity index (χ0) is 51.2.